The zero-order valence-electron chi connectivity index (χ0n) is 8.86. The number of furan rings is 1. The van der Waals surface area contributed by atoms with Crippen LogP contribution in [0.5, 0.6) is 0 Å². The Labute approximate surface area is 92.1 Å². The van der Waals surface area contributed by atoms with Crippen LogP contribution in [0.25, 0.3) is 11.5 Å². The van der Waals surface area contributed by atoms with E-state index in [1.165, 1.54) is 0 Å². The van der Waals surface area contributed by atoms with Gasteiger partial charge in [-0.05, 0) is 25.5 Å². The van der Waals surface area contributed by atoms with Crippen LogP contribution in [-0.2, 0) is 11.2 Å². The Hall–Kier alpha value is -2.04. The zero-order valence-corrected chi connectivity index (χ0v) is 8.86. The van der Waals surface area contributed by atoms with E-state index < -0.39 is 5.97 Å². The van der Waals surface area contributed by atoms with Crippen LogP contribution in [0.1, 0.15) is 17.7 Å². The molecule has 2 aromatic heterocycles. The number of hydrogen-bond acceptors (Lipinski definition) is 3. The first-order valence-corrected chi connectivity index (χ1v) is 4.97. The summed E-state index contributed by atoms with van der Waals surface area (Å²) in [6.07, 6.45) is 2.17. The number of hydrogen-bond donors (Lipinski definition) is 2. The van der Waals surface area contributed by atoms with Gasteiger partial charge >= 0.3 is 5.97 Å². The van der Waals surface area contributed by atoms with Crippen molar-refractivity contribution in [1.29, 1.82) is 0 Å². The van der Waals surface area contributed by atoms with Crippen molar-refractivity contribution in [3.8, 4) is 11.5 Å². The zero-order chi connectivity index (χ0) is 11.5. The SMILES string of the molecule is Cc1ccc(-c2[nH]ncc2CCC(=O)O)o1. The highest BCUT2D eigenvalue weighted by atomic mass is 16.4. The maximum Gasteiger partial charge on any atom is 0.303 e. The molecule has 2 N–H and O–H groups in total. The summed E-state index contributed by atoms with van der Waals surface area (Å²) in [5.74, 6) is 0.687. The Morgan fingerprint density at radius 2 is 2.38 bits per heavy atom. The molecule has 0 spiro atoms. The number of aliphatic carboxylic acids is 1. The van der Waals surface area contributed by atoms with Crippen LogP contribution in [0.3, 0.4) is 0 Å². The molecule has 0 aliphatic carbocycles. The van der Waals surface area contributed by atoms with Gasteiger partial charge in [0, 0.05) is 12.0 Å². The number of carboxylic acids is 1. The Morgan fingerprint density at radius 3 is 3.00 bits per heavy atom. The summed E-state index contributed by atoms with van der Waals surface area (Å²) in [5.41, 5.74) is 1.62. The van der Waals surface area contributed by atoms with Gasteiger partial charge in [-0.1, -0.05) is 0 Å². The van der Waals surface area contributed by atoms with E-state index in [-0.39, 0.29) is 6.42 Å². The molecule has 16 heavy (non-hydrogen) atoms. The average Bonchev–Trinajstić information content (AvgIpc) is 2.82. The van der Waals surface area contributed by atoms with Gasteiger partial charge in [0.2, 0.25) is 0 Å². The van der Waals surface area contributed by atoms with Crippen molar-refractivity contribution in [3.63, 3.8) is 0 Å². The van der Waals surface area contributed by atoms with Crippen molar-refractivity contribution in [2.75, 3.05) is 0 Å². The van der Waals surface area contributed by atoms with Crippen molar-refractivity contribution >= 4 is 5.97 Å². The summed E-state index contributed by atoms with van der Waals surface area (Å²) in [6, 6.07) is 3.70. The standard InChI is InChI=1S/C11H12N2O3/c1-7-2-4-9(16-7)11-8(6-12-13-11)3-5-10(14)15/h2,4,6H,3,5H2,1H3,(H,12,13)(H,14,15). The molecule has 2 aromatic rings. The molecule has 0 fully saturated rings. The van der Waals surface area contributed by atoms with E-state index in [1.807, 2.05) is 19.1 Å². The molecule has 5 nitrogen and oxygen atoms in total. The molecule has 0 unspecified atom stereocenters. The van der Waals surface area contributed by atoms with Gasteiger partial charge in [-0.3, -0.25) is 9.89 Å². The number of nitrogens with zero attached hydrogens (tertiary/aromatic N) is 1. The van der Waals surface area contributed by atoms with Crippen LogP contribution < -0.4 is 0 Å². The quantitative estimate of drug-likeness (QED) is 0.825. The molecule has 0 saturated heterocycles. The lowest BCUT2D eigenvalue weighted by Crippen LogP contribution is -1.97. The second-order valence-corrected chi connectivity index (χ2v) is 3.57. The van der Waals surface area contributed by atoms with E-state index in [0.29, 0.717) is 12.2 Å². The summed E-state index contributed by atoms with van der Waals surface area (Å²) in [5, 5.41) is 15.4. The van der Waals surface area contributed by atoms with Crippen LogP contribution in [-0.4, -0.2) is 21.3 Å². The molecule has 0 saturated carbocycles. The number of carbonyl (C=O) groups is 1. The Balaban J connectivity index is 2.22. The summed E-state index contributed by atoms with van der Waals surface area (Å²) >= 11 is 0. The number of aromatic amines is 1. The maximum absolute atomic E-state index is 10.5. The van der Waals surface area contributed by atoms with Crippen LogP contribution in [0.4, 0.5) is 0 Å². The fourth-order valence-corrected chi connectivity index (χ4v) is 1.52. The molecule has 84 valence electrons. The minimum absolute atomic E-state index is 0.0895. The maximum atomic E-state index is 10.5. The van der Waals surface area contributed by atoms with Crippen LogP contribution >= 0.6 is 0 Å². The minimum Gasteiger partial charge on any atom is -0.481 e. The van der Waals surface area contributed by atoms with Gasteiger partial charge in [-0.2, -0.15) is 5.10 Å². The predicted octanol–water partition coefficient (Wildman–Crippen LogP) is 2.00. The van der Waals surface area contributed by atoms with Gasteiger partial charge in [0.1, 0.15) is 11.5 Å². The fourth-order valence-electron chi connectivity index (χ4n) is 1.52. The second-order valence-electron chi connectivity index (χ2n) is 3.57. The monoisotopic (exact) mass is 220 g/mol. The first kappa shape index (κ1) is 10.5. The van der Waals surface area contributed by atoms with Gasteiger partial charge in [0.05, 0.1) is 6.20 Å². The van der Waals surface area contributed by atoms with Gasteiger partial charge in [-0.15, -0.1) is 0 Å². The highest BCUT2D eigenvalue weighted by Gasteiger charge is 2.11. The molecule has 0 radical (unpaired) electrons. The minimum atomic E-state index is -0.817. The molecule has 0 bridgehead atoms. The fraction of sp³-hybridized carbons (Fsp3) is 0.273. The Kier molecular flexibility index (Phi) is 2.76. The summed E-state index contributed by atoms with van der Waals surface area (Å²) in [4.78, 5) is 10.5. The molecular formula is C11H12N2O3. The summed E-state index contributed by atoms with van der Waals surface area (Å²) in [7, 11) is 0. The number of aryl methyl sites for hydroxylation is 2. The summed E-state index contributed by atoms with van der Waals surface area (Å²) in [6.45, 7) is 1.86. The predicted molar refractivity (Wildman–Crippen MR) is 57.0 cm³/mol. The lowest BCUT2D eigenvalue weighted by Gasteiger charge is -1.98. The molecular weight excluding hydrogens is 208 g/mol. The van der Waals surface area contributed by atoms with E-state index in [0.717, 1.165) is 17.0 Å². The van der Waals surface area contributed by atoms with E-state index >= 15 is 0 Å². The van der Waals surface area contributed by atoms with Crippen LogP contribution in [0.2, 0.25) is 0 Å². The first-order valence-electron chi connectivity index (χ1n) is 4.97. The highest BCUT2D eigenvalue weighted by Crippen LogP contribution is 2.24. The topological polar surface area (TPSA) is 79.1 Å². The normalized spacial score (nSPS) is 10.6. The van der Waals surface area contributed by atoms with Gasteiger partial charge < -0.3 is 9.52 Å². The van der Waals surface area contributed by atoms with Gasteiger partial charge in [-0.25, -0.2) is 0 Å². The third-order valence-corrected chi connectivity index (χ3v) is 2.31. The van der Waals surface area contributed by atoms with Crippen molar-refractivity contribution < 1.29 is 14.3 Å². The lowest BCUT2D eigenvalue weighted by molar-refractivity contribution is -0.136. The number of rotatable bonds is 4. The highest BCUT2D eigenvalue weighted by molar-refractivity contribution is 5.68. The average molecular weight is 220 g/mol. The third-order valence-electron chi connectivity index (χ3n) is 2.31. The Bertz CT molecular complexity index is 499. The molecule has 0 amide bonds. The van der Waals surface area contributed by atoms with Crippen molar-refractivity contribution in [1.82, 2.24) is 10.2 Å². The van der Waals surface area contributed by atoms with Crippen LogP contribution in [0, 0.1) is 6.92 Å². The molecule has 0 atom stereocenters. The lowest BCUT2D eigenvalue weighted by atomic mass is 10.1. The Morgan fingerprint density at radius 1 is 1.56 bits per heavy atom. The van der Waals surface area contributed by atoms with E-state index in [2.05, 4.69) is 10.2 Å². The van der Waals surface area contributed by atoms with Crippen molar-refractivity contribution in [3.05, 3.63) is 29.7 Å². The van der Waals surface area contributed by atoms with Crippen molar-refractivity contribution in [2.24, 2.45) is 0 Å². The van der Waals surface area contributed by atoms with E-state index in [4.69, 9.17) is 9.52 Å². The largest absolute Gasteiger partial charge is 0.481 e. The van der Waals surface area contributed by atoms with Gasteiger partial charge in [0.15, 0.2) is 5.76 Å². The van der Waals surface area contributed by atoms with Crippen LogP contribution in [0.15, 0.2) is 22.7 Å². The molecule has 0 aliphatic heterocycles. The molecule has 2 rings (SSSR count). The molecule has 0 aromatic carbocycles. The molecule has 5 heteroatoms. The number of aromatic nitrogens is 2. The van der Waals surface area contributed by atoms with E-state index in [9.17, 15) is 4.79 Å². The second kappa shape index (κ2) is 4.22. The third kappa shape index (κ3) is 2.13. The van der Waals surface area contributed by atoms with E-state index in [1.54, 1.807) is 6.20 Å². The number of nitrogens with one attached hydrogen (secondary N) is 1. The number of H-pyrrole nitrogens is 1. The molecule has 0 aliphatic rings. The van der Waals surface area contributed by atoms with Gasteiger partial charge in [0.25, 0.3) is 0 Å². The smallest absolute Gasteiger partial charge is 0.303 e. The van der Waals surface area contributed by atoms with Crippen molar-refractivity contribution in [2.45, 2.75) is 19.8 Å². The number of carboxylic acid groups (broad SMARTS) is 1. The summed E-state index contributed by atoms with van der Waals surface area (Å²) < 4.78 is 5.46. The first-order chi connectivity index (χ1) is 7.66. The molecule has 2 heterocycles.